The van der Waals surface area contributed by atoms with Crippen molar-refractivity contribution in [1.82, 2.24) is 10.2 Å². The molecule has 0 aliphatic heterocycles. The minimum absolute atomic E-state index is 0.103. The Morgan fingerprint density at radius 1 is 1.42 bits per heavy atom. The Kier molecular flexibility index (Phi) is 6.21. The highest BCUT2D eigenvalue weighted by atomic mass is 19.1. The van der Waals surface area contributed by atoms with Crippen molar-refractivity contribution in [2.24, 2.45) is 0 Å². The first kappa shape index (κ1) is 15.4. The molecule has 2 N–H and O–H groups in total. The maximum atomic E-state index is 13.3. The molecule has 1 aromatic carbocycles. The van der Waals surface area contributed by atoms with Crippen LogP contribution in [0, 0.1) is 11.6 Å². The van der Waals surface area contributed by atoms with E-state index in [0.717, 1.165) is 6.07 Å². The van der Waals surface area contributed by atoms with E-state index in [1.807, 2.05) is 0 Å². The fraction of sp³-hybridized carbons (Fsp3) is 0.462. The average molecular weight is 272 g/mol. The van der Waals surface area contributed by atoms with E-state index in [-0.39, 0.29) is 32.1 Å². The van der Waals surface area contributed by atoms with Gasteiger partial charge in [-0.2, -0.15) is 0 Å². The number of aliphatic hydroxyl groups is 1. The molecular weight excluding hydrogens is 254 g/mol. The number of likely N-dealkylation sites (N-methyl/N-ethyl adjacent to an activating group) is 1. The molecule has 0 spiro atoms. The van der Waals surface area contributed by atoms with Gasteiger partial charge in [0.15, 0.2) is 0 Å². The minimum atomic E-state index is -0.620. The molecule has 0 bridgehead atoms. The zero-order valence-corrected chi connectivity index (χ0v) is 10.8. The van der Waals surface area contributed by atoms with E-state index >= 15 is 0 Å². The van der Waals surface area contributed by atoms with Crippen molar-refractivity contribution in [2.45, 2.75) is 13.3 Å². The van der Waals surface area contributed by atoms with Crippen LogP contribution >= 0.6 is 0 Å². The van der Waals surface area contributed by atoms with Crippen molar-refractivity contribution in [2.75, 3.05) is 26.2 Å². The largest absolute Gasteiger partial charge is 0.395 e. The lowest BCUT2D eigenvalue weighted by Gasteiger charge is -2.20. The van der Waals surface area contributed by atoms with Crippen LogP contribution in [-0.4, -0.2) is 42.3 Å². The Bertz CT molecular complexity index is 427. The number of amides is 2. The van der Waals surface area contributed by atoms with Crippen LogP contribution in [0.1, 0.15) is 12.5 Å². The van der Waals surface area contributed by atoms with Crippen molar-refractivity contribution < 1.29 is 18.7 Å². The molecule has 2 amide bonds. The highest BCUT2D eigenvalue weighted by molar-refractivity contribution is 5.74. The summed E-state index contributed by atoms with van der Waals surface area (Å²) in [4.78, 5) is 13.1. The van der Waals surface area contributed by atoms with Crippen LogP contribution in [0.5, 0.6) is 0 Å². The molecule has 0 fully saturated rings. The van der Waals surface area contributed by atoms with Crippen LogP contribution in [0.4, 0.5) is 13.6 Å². The number of hydrogen-bond donors (Lipinski definition) is 2. The lowest BCUT2D eigenvalue weighted by atomic mass is 10.1. The second kappa shape index (κ2) is 7.68. The molecule has 0 saturated heterocycles. The van der Waals surface area contributed by atoms with Gasteiger partial charge in [0, 0.05) is 25.7 Å². The summed E-state index contributed by atoms with van der Waals surface area (Å²) >= 11 is 0. The smallest absolute Gasteiger partial charge is 0.317 e. The predicted octanol–water partition coefficient (Wildman–Crippen LogP) is 1.53. The number of benzene rings is 1. The summed E-state index contributed by atoms with van der Waals surface area (Å²) in [5, 5.41) is 11.4. The van der Waals surface area contributed by atoms with E-state index in [1.54, 1.807) is 6.92 Å². The van der Waals surface area contributed by atoms with Crippen LogP contribution in [-0.2, 0) is 6.42 Å². The van der Waals surface area contributed by atoms with Gasteiger partial charge in [-0.25, -0.2) is 13.6 Å². The highest BCUT2D eigenvalue weighted by Crippen LogP contribution is 2.09. The zero-order valence-electron chi connectivity index (χ0n) is 10.8. The summed E-state index contributed by atoms with van der Waals surface area (Å²) in [5.74, 6) is -1.23. The molecular formula is C13H18F2N2O2. The molecule has 1 aromatic rings. The van der Waals surface area contributed by atoms with Gasteiger partial charge in [0.2, 0.25) is 0 Å². The predicted molar refractivity (Wildman–Crippen MR) is 67.8 cm³/mol. The first-order chi connectivity index (χ1) is 9.08. The van der Waals surface area contributed by atoms with Crippen LogP contribution < -0.4 is 5.32 Å². The van der Waals surface area contributed by atoms with E-state index in [4.69, 9.17) is 5.11 Å². The Hall–Kier alpha value is -1.69. The molecule has 0 atom stereocenters. The van der Waals surface area contributed by atoms with E-state index in [2.05, 4.69) is 5.32 Å². The number of rotatable bonds is 6. The first-order valence-corrected chi connectivity index (χ1v) is 6.16. The molecule has 1 rings (SSSR count). The molecule has 6 heteroatoms. The summed E-state index contributed by atoms with van der Waals surface area (Å²) in [5.41, 5.74) is 0.354. The molecule has 0 saturated carbocycles. The number of aliphatic hydroxyl groups excluding tert-OH is 1. The van der Waals surface area contributed by atoms with Gasteiger partial charge < -0.3 is 15.3 Å². The second-order valence-corrected chi connectivity index (χ2v) is 4.02. The Balaban J connectivity index is 2.43. The molecule has 106 valence electrons. The molecule has 0 unspecified atom stereocenters. The molecule has 19 heavy (non-hydrogen) atoms. The minimum Gasteiger partial charge on any atom is -0.395 e. The maximum absolute atomic E-state index is 13.3. The van der Waals surface area contributed by atoms with Crippen molar-refractivity contribution in [3.8, 4) is 0 Å². The highest BCUT2D eigenvalue weighted by Gasteiger charge is 2.10. The zero-order chi connectivity index (χ0) is 14.3. The molecule has 4 nitrogen and oxygen atoms in total. The summed E-state index contributed by atoms with van der Waals surface area (Å²) in [6.07, 6.45) is 0.286. The SMILES string of the molecule is CCN(CCO)C(=O)NCCc1ccc(F)cc1F. The molecule has 0 aliphatic rings. The van der Waals surface area contributed by atoms with Gasteiger partial charge in [-0.1, -0.05) is 6.07 Å². The normalized spacial score (nSPS) is 10.3. The monoisotopic (exact) mass is 272 g/mol. The third-order valence-electron chi connectivity index (χ3n) is 2.72. The van der Waals surface area contributed by atoms with Gasteiger partial charge in [-0.05, 0) is 25.0 Å². The number of carbonyl (C=O) groups is 1. The van der Waals surface area contributed by atoms with Crippen molar-refractivity contribution >= 4 is 6.03 Å². The van der Waals surface area contributed by atoms with E-state index in [0.29, 0.717) is 12.1 Å². The van der Waals surface area contributed by atoms with Crippen LogP contribution in [0.25, 0.3) is 0 Å². The van der Waals surface area contributed by atoms with Crippen molar-refractivity contribution in [3.63, 3.8) is 0 Å². The lowest BCUT2D eigenvalue weighted by molar-refractivity contribution is 0.180. The Labute approximate surface area is 111 Å². The van der Waals surface area contributed by atoms with E-state index < -0.39 is 11.6 Å². The maximum Gasteiger partial charge on any atom is 0.317 e. The van der Waals surface area contributed by atoms with Crippen LogP contribution in [0.2, 0.25) is 0 Å². The Morgan fingerprint density at radius 3 is 2.74 bits per heavy atom. The van der Waals surface area contributed by atoms with Gasteiger partial charge in [-0.3, -0.25) is 0 Å². The fourth-order valence-electron chi connectivity index (χ4n) is 1.66. The number of urea groups is 1. The topological polar surface area (TPSA) is 52.6 Å². The summed E-state index contributed by atoms with van der Waals surface area (Å²) in [6.45, 7) is 2.69. The number of hydrogen-bond acceptors (Lipinski definition) is 2. The van der Waals surface area contributed by atoms with Crippen molar-refractivity contribution in [3.05, 3.63) is 35.4 Å². The Morgan fingerprint density at radius 2 is 2.16 bits per heavy atom. The third kappa shape index (κ3) is 4.82. The van der Waals surface area contributed by atoms with Gasteiger partial charge in [0.1, 0.15) is 11.6 Å². The van der Waals surface area contributed by atoms with Gasteiger partial charge in [-0.15, -0.1) is 0 Å². The average Bonchev–Trinajstić information content (AvgIpc) is 2.38. The van der Waals surface area contributed by atoms with E-state index in [1.165, 1.54) is 17.0 Å². The third-order valence-corrected chi connectivity index (χ3v) is 2.72. The summed E-state index contributed by atoms with van der Waals surface area (Å²) in [6, 6.07) is 3.06. The van der Waals surface area contributed by atoms with E-state index in [9.17, 15) is 13.6 Å². The fourth-order valence-corrected chi connectivity index (χ4v) is 1.66. The number of halogens is 2. The second-order valence-electron chi connectivity index (χ2n) is 4.02. The lowest BCUT2D eigenvalue weighted by Crippen LogP contribution is -2.42. The van der Waals surface area contributed by atoms with Crippen LogP contribution in [0.3, 0.4) is 0 Å². The van der Waals surface area contributed by atoms with Gasteiger partial charge in [0.25, 0.3) is 0 Å². The molecule has 0 heterocycles. The van der Waals surface area contributed by atoms with Gasteiger partial charge in [0.05, 0.1) is 6.61 Å². The molecule has 0 aliphatic carbocycles. The summed E-state index contributed by atoms with van der Waals surface area (Å²) < 4.78 is 26.0. The van der Waals surface area contributed by atoms with Crippen LogP contribution in [0.15, 0.2) is 18.2 Å². The van der Waals surface area contributed by atoms with Crippen molar-refractivity contribution in [1.29, 1.82) is 0 Å². The first-order valence-electron chi connectivity index (χ1n) is 6.16. The molecule has 0 radical (unpaired) electrons. The number of carbonyl (C=O) groups excluding carboxylic acids is 1. The van der Waals surface area contributed by atoms with Gasteiger partial charge >= 0.3 is 6.03 Å². The number of nitrogens with one attached hydrogen (secondary N) is 1. The quantitative estimate of drug-likeness (QED) is 0.825. The summed E-state index contributed by atoms with van der Waals surface area (Å²) in [7, 11) is 0. The standard InChI is InChI=1S/C13H18F2N2O2/c1-2-17(7-8-18)13(19)16-6-5-10-3-4-11(14)9-12(10)15/h3-4,9,18H,2,5-8H2,1H3,(H,16,19). The number of nitrogens with zero attached hydrogens (tertiary/aromatic N) is 1. The molecule has 0 aromatic heterocycles.